The van der Waals surface area contributed by atoms with E-state index in [1.54, 1.807) is 0 Å². The van der Waals surface area contributed by atoms with Crippen LogP contribution in [0.25, 0.3) is 10.6 Å². The van der Waals surface area contributed by atoms with Crippen molar-refractivity contribution in [2.75, 3.05) is 33.2 Å². The molecule has 1 saturated heterocycles. The third kappa shape index (κ3) is 5.15. The van der Waals surface area contributed by atoms with Crippen LogP contribution in [0.5, 0.6) is 0 Å². The normalized spacial score (nSPS) is 17.0. The molecule has 3 rings (SSSR count). The molecule has 0 spiro atoms. The van der Waals surface area contributed by atoms with Gasteiger partial charge < -0.3 is 14.9 Å². The van der Waals surface area contributed by atoms with Gasteiger partial charge in [-0.05, 0) is 45.7 Å². The molecule has 1 aromatic carbocycles. The predicted molar refractivity (Wildman–Crippen MR) is 110 cm³/mol. The Bertz CT molecular complexity index is 752. The number of benzene rings is 1. The number of aliphatic hydroxyl groups excluding tert-OH is 1. The third-order valence-corrected chi connectivity index (χ3v) is 6.31. The number of hydrogen-bond donors (Lipinski definition) is 1. The van der Waals surface area contributed by atoms with E-state index in [2.05, 4.69) is 9.88 Å². The van der Waals surface area contributed by atoms with Crippen LogP contribution in [0.4, 0.5) is 0 Å². The molecule has 0 saturated carbocycles. The number of nitrogens with zero attached hydrogens (tertiary/aromatic N) is 3. The second-order valence-electron chi connectivity index (χ2n) is 7.58. The molecule has 6 heteroatoms. The zero-order valence-corrected chi connectivity index (χ0v) is 17.2. The summed E-state index contributed by atoms with van der Waals surface area (Å²) in [6, 6.07) is 10.0. The Morgan fingerprint density at radius 3 is 2.63 bits per heavy atom. The quantitative estimate of drug-likeness (QED) is 0.826. The highest BCUT2D eigenvalue weighted by molar-refractivity contribution is 7.17. The molecule has 5 nitrogen and oxygen atoms in total. The minimum absolute atomic E-state index is 0.0681. The molecule has 1 amide bonds. The molecule has 1 aliphatic rings. The van der Waals surface area contributed by atoms with E-state index in [-0.39, 0.29) is 12.0 Å². The molecule has 1 aliphatic heterocycles. The molecule has 0 aliphatic carbocycles. The molecule has 1 N–H and O–H groups in total. The largest absolute Gasteiger partial charge is 0.392 e. The topological polar surface area (TPSA) is 56.7 Å². The van der Waals surface area contributed by atoms with Gasteiger partial charge in [0.25, 0.3) is 5.91 Å². The lowest BCUT2D eigenvalue weighted by atomic mass is 9.96. The molecule has 146 valence electrons. The molecule has 0 unspecified atom stereocenters. The third-order valence-electron chi connectivity index (χ3n) is 5.12. The molecule has 27 heavy (non-hydrogen) atoms. The summed E-state index contributed by atoms with van der Waals surface area (Å²) in [5.74, 6) is 0.588. The van der Waals surface area contributed by atoms with Crippen LogP contribution in [0.15, 0.2) is 30.3 Å². The highest BCUT2D eigenvalue weighted by atomic mass is 32.1. The standard InChI is InChI=1S/C21H29N3O2S/c1-15(25)13-24-11-9-17(10-12-24)14-23(3)21(26)19-16(2)22-20(27-19)18-7-5-4-6-8-18/h4-8,15,17,25H,9-14H2,1-3H3/t15-/m1/s1. The van der Waals surface area contributed by atoms with Crippen molar-refractivity contribution in [3.05, 3.63) is 40.9 Å². The molecular formula is C21H29N3O2S. The van der Waals surface area contributed by atoms with Crippen molar-refractivity contribution < 1.29 is 9.90 Å². The van der Waals surface area contributed by atoms with Gasteiger partial charge in [-0.2, -0.15) is 0 Å². The molecular weight excluding hydrogens is 358 g/mol. The number of piperidine rings is 1. The summed E-state index contributed by atoms with van der Waals surface area (Å²) in [6.07, 6.45) is 1.86. The Morgan fingerprint density at radius 1 is 1.33 bits per heavy atom. The van der Waals surface area contributed by atoms with Gasteiger partial charge in [-0.3, -0.25) is 4.79 Å². The van der Waals surface area contributed by atoms with Crippen molar-refractivity contribution >= 4 is 17.2 Å². The van der Waals surface area contributed by atoms with E-state index in [1.807, 2.05) is 56.1 Å². The molecule has 1 fully saturated rings. The fourth-order valence-electron chi connectivity index (χ4n) is 3.67. The van der Waals surface area contributed by atoms with Crippen LogP contribution < -0.4 is 0 Å². The summed E-state index contributed by atoms with van der Waals surface area (Å²) >= 11 is 1.48. The van der Waals surface area contributed by atoms with Crippen LogP contribution in [0.1, 0.15) is 35.1 Å². The minimum Gasteiger partial charge on any atom is -0.392 e. The van der Waals surface area contributed by atoms with Crippen molar-refractivity contribution in [2.45, 2.75) is 32.8 Å². The molecule has 0 radical (unpaired) electrons. The number of aliphatic hydroxyl groups is 1. The Hall–Kier alpha value is -1.76. The summed E-state index contributed by atoms with van der Waals surface area (Å²) in [5.41, 5.74) is 1.86. The summed E-state index contributed by atoms with van der Waals surface area (Å²) in [7, 11) is 1.89. The van der Waals surface area contributed by atoms with Gasteiger partial charge in [-0.1, -0.05) is 30.3 Å². The van der Waals surface area contributed by atoms with Crippen LogP contribution in [0.3, 0.4) is 0 Å². The number of hydrogen-bond acceptors (Lipinski definition) is 5. The maximum atomic E-state index is 12.9. The minimum atomic E-state index is -0.279. The van der Waals surface area contributed by atoms with Crippen molar-refractivity contribution in [1.82, 2.24) is 14.8 Å². The van der Waals surface area contributed by atoms with E-state index >= 15 is 0 Å². The van der Waals surface area contributed by atoms with Crippen LogP contribution >= 0.6 is 11.3 Å². The van der Waals surface area contributed by atoms with Gasteiger partial charge in [0.15, 0.2) is 0 Å². The highest BCUT2D eigenvalue weighted by Gasteiger charge is 2.25. The summed E-state index contributed by atoms with van der Waals surface area (Å²) in [6.45, 7) is 7.26. The lowest BCUT2D eigenvalue weighted by molar-refractivity contribution is 0.0706. The first-order valence-electron chi connectivity index (χ1n) is 9.62. The van der Waals surface area contributed by atoms with Gasteiger partial charge in [0.1, 0.15) is 9.88 Å². The van der Waals surface area contributed by atoms with Crippen molar-refractivity contribution in [2.24, 2.45) is 5.92 Å². The predicted octanol–water partition coefficient (Wildman–Crippen LogP) is 3.28. The fraction of sp³-hybridized carbons (Fsp3) is 0.524. The van der Waals surface area contributed by atoms with E-state index in [1.165, 1.54) is 11.3 Å². The number of carbonyl (C=O) groups excluding carboxylic acids is 1. The molecule has 2 aromatic rings. The fourth-order valence-corrected chi connectivity index (χ4v) is 4.73. The lowest BCUT2D eigenvalue weighted by Gasteiger charge is -2.34. The zero-order chi connectivity index (χ0) is 19.4. The van der Waals surface area contributed by atoms with Crippen LogP contribution in [0.2, 0.25) is 0 Å². The van der Waals surface area contributed by atoms with Gasteiger partial charge in [0, 0.05) is 25.7 Å². The number of aryl methyl sites for hydroxylation is 1. The monoisotopic (exact) mass is 387 g/mol. The first-order valence-corrected chi connectivity index (χ1v) is 10.4. The number of carbonyl (C=O) groups is 1. The first-order chi connectivity index (χ1) is 12.9. The van der Waals surface area contributed by atoms with Crippen LogP contribution in [-0.4, -0.2) is 65.1 Å². The SMILES string of the molecule is Cc1nc(-c2ccccc2)sc1C(=O)N(C)CC1CCN(C[C@@H](C)O)CC1. The Labute approximate surface area is 165 Å². The van der Waals surface area contributed by atoms with Gasteiger partial charge in [-0.25, -0.2) is 4.98 Å². The van der Waals surface area contributed by atoms with Crippen molar-refractivity contribution in [1.29, 1.82) is 0 Å². The summed E-state index contributed by atoms with van der Waals surface area (Å²) in [4.78, 5) is 22.5. The van der Waals surface area contributed by atoms with E-state index < -0.39 is 0 Å². The van der Waals surface area contributed by atoms with Crippen LogP contribution in [0, 0.1) is 12.8 Å². The van der Waals surface area contributed by atoms with Gasteiger partial charge in [-0.15, -0.1) is 11.3 Å². The Balaban J connectivity index is 1.59. The number of β-amino-alcohol motifs (C(OH)–C–C–N with tert-alkyl or cyclic N) is 1. The molecule has 2 heterocycles. The second-order valence-corrected chi connectivity index (χ2v) is 8.58. The summed E-state index contributed by atoms with van der Waals surface area (Å²) < 4.78 is 0. The summed E-state index contributed by atoms with van der Waals surface area (Å²) in [5, 5.41) is 10.4. The number of likely N-dealkylation sites (tertiary alicyclic amines) is 1. The van der Waals surface area contributed by atoms with Crippen LogP contribution in [-0.2, 0) is 0 Å². The average molecular weight is 388 g/mol. The lowest BCUT2D eigenvalue weighted by Crippen LogP contribution is -2.41. The number of aromatic nitrogens is 1. The molecule has 0 bridgehead atoms. The number of rotatable bonds is 6. The molecule has 1 atom stereocenters. The number of amides is 1. The van der Waals surface area contributed by atoms with E-state index in [4.69, 9.17) is 0 Å². The molecule has 1 aromatic heterocycles. The van der Waals surface area contributed by atoms with Gasteiger partial charge >= 0.3 is 0 Å². The van der Waals surface area contributed by atoms with E-state index in [0.29, 0.717) is 5.92 Å². The number of thiazole rings is 1. The van der Waals surface area contributed by atoms with Gasteiger partial charge in [0.05, 0.1) is 11.8 Å². The Kier molecular flexibility index (Phi) is 6.63. The Morgan fingerprint density at radius 2 is 2.00 bits per heavy atom. The van der Waals surface area contributed by atoms with E-state index in [0.717, 1.165) is 60.2 Å². The smallest absolute Gasteiger partial charge is 0.265 e. The first kappa shape index (κ1) is 20.0. The highest BCUT2D eigenvalue weighted by Crippen LogP contribution is 2.29. The average Bonchev–Trinajstić information content (AvgIpc) is 3.04. The van der Waals surface area contributed by atoms with Crippen molar-refractivity contribution in [3.8, 4) is 10.6 Å². The zero-order valence-electron chi connectivity index (χ0n) is 16.4. The van der Waals surface area contributed by atoms with E-state index in [9.17, 15) is 9.90 Å². The maximum absolute atomic E-state index is 12.9. The maximum Gasteiger partial charge on any atom is 0.265 e. The van der Waals surface area contributed by atoms with Gasteiger partial charge in [0.2, 0.25) is 0 Å². The second kappa shape index (κ2) is 8.95. The van der Waals surface area contributed by atoms with Crippen molar-refractivity contribution in [3.63, 3.8) is 0 Å².